The van der Waals surface area contributed by atoms with Crippen molar-refractivity contribution in [1.29, 1.82) is 0 Å². The van der Waals surface area contributed by atoms with Crippen LogP contribution in [0, 0.1) is 0 Å². The molecular weight excluding hydrogens is 234 g/mol. The first-order valence-electron chi connectivity index (χ1n) is 4.77. The first-order valence-corrected chi connectivity index (χ1v) is 6.21. The van der Waals surface area contributed by atoms with Crippen molar-refractivity contribution < 1.29 is 18.3 Å². The Hall–Kier alpha value is -1.41. The Labute approximate surface area is 92.1 Å². The molecule has 0 spiro atoms. The number of rotatable bonds is 3. The number of carboxylic acid groups (broad SMARTS) is 1. The van der Waals surface area contributed by atoms with E-state index in [1.165, 1.54) is 12.4 Å². The Bertz CT molecular complexity index is 481. The third-order valence-corrected chi connectivity index (χ3v) is 4.44. The van der Waals surface area contributed by atoms with E-state index in [0.29, 0.717) is 12.8 Å². The monoisotopic (exact) mass is 245 g/mol. The molecule has 7 nitrogen and oxygen atoms in total. The predicted octanol–water partition coefficient (Wildman–Crippen LogP) is -0.353. The summed E-state index contributed by atoms with van der Waals surface area (Å²) >= 11 is 0. The van der Waals surface area contributed by atoms with Gasteiger partial charge in [0, 0.05) is 12.7 Å². The second-order valence-corrected chi connectivity index (χ2v) is 5.44. The molecule has 0 aliphatic carbocycles. The highest BCUT2D eigenvalue weighted by atomic mass is 32.2. The fourth-order valence-electron chi connectivity index (χ4n) is 1.79. The summed E-state index contributed by atoms with van der Waals surface area (Å²) in [6.07, 6.45) is 3.33. The highest BCUT2D eigenvalue weighted by Gasteiger charge is 2.39. The number of carboxylic acids is 1. The van der Waals surface area contributed by atoms with E-state index in [1.54, 1.807) is 0 Å². The van der Waals surface area contributed by atoms with Gasteiger partial charge in [-0.1, -0.05) is 0 Å². The van der Waals surface area contributed by atoms with Crippen LogP contribution in [0.15, 0.2) is 17.3 Å². The lowest BCUT2D eigenvalue weighted by Gasteiger charge is -2.19. The van der Waals surface area contributed by atoms with Gasteiger partial charge in [-0.2, -0.15) is 9.40 Å². The summed E-state index contributed by atoms with van der Waals surface area (Å²) in [5.41, 5.74) is 0. The molecule has 0 amide bonds. The van der Waals surface area contributed by atoms with Crippen LogP contribution in [-0.4, -0.2) is 46.6 Å². The average Bonchev–Trinajstić information content (AvgIpc) is 2.89. The SMILES string of the molecule is O=C(O)[C@H]1CCCN1S(=O)(=O)c1cn[nH]c1. The van der Waals surface area contributed by atoms with Crippen molar-refractivity contribution in [2.45, 2.75) is 23.8 Å². The van der Waals surface area contributed by atoms with Gasteiger partial charge in [0.2, 0.25) is 10.0 Å². The quantitative estimate of drug-likeness (QED) is 0.757. The van der Waals surface area contributed by atoms with E-state index in [9.17, 15) is 13.2 Å². The molecule has 1 saturated heterocycles. The lowest BCUT2D eigenvalue weighted by Crippen LogP contribution is -2.40. The maximum Gasteiger partial charge on any atom is 0.322 e. The van der Waals surface area contributed by atoms with Crippen LogP contribution in [-0.2, 0) is 14.8 Å². The van der Waals surface area contributed by atoms with Crippen LogP contribution in [0.3, 0.4) is 0 Å². The van der Waals surface area contributed by atoms with E-state index in [-0.39, 0.29) is 11.4 Å². The van der Waals surface area contributed by atoms with Gasteiger partial charge in [-0.15, -0.1) is 0 Å². The molecule has 0 radical (unpaired) electrons. The number of H-pyrrole nitrogens is 1. The zero-order valence-corrected chi connectivity index (χ0v) is 9.14. The number of aromatic nitrogens is 2. The highest BCUT2D eigenvalue weighted by Crippen LogP contribution is 2.25. The number of nitrogens with zero attached hydrogens (tertiary/aromatic N) is 2. The van der Waals surface area contributed by atoms with Crippen LogP contribution in [0.5, 0.6) is 0 Å². The second kappa shape index (κ2) is 3.87. The Morgan fingerprint density at radius 1 is 1.62 bits per heavy atom. The maximum absolute atomic E-state index is 12.0. The highest BCUT2D eigenvalue weighted by molar-refractivity contribution is 7.89. The molecule has 1 aromatic rings. The Morgan fingerprint density at radius 2 is 2.38 bits per heavy atom. The zero-order chi connectivity index (χ0) is 11.8. The van der Waals surface area contributed by atoms with E-state index in [4.69, 9.17) is 5.11 Å². The molecule has 1 fully saturated rings. The third-order valence-electron chi connectivity index (χ3n) is 2.57. The van der Waals surface area contributed by atoms with Crippen LogP contribution in [0.25, 0.3) is 0 Å². The molecule has 16 heavy (non-hydrogen) atoms. The summed E-state index contributed by atoms with van der Waals surface area (Å²) in [7, 11) is -3.73. The third kappa shape index (κ3) is 1.69. The minimum atomic E-state index is -3.73. The van der Waals surface area contributed by atoms with E-state index in [2.05, 4.69) is 10.2 Å². The summed E-state index contributed by atoms with van der Waals surface area (Å²) in [5, 5.41) is 14.9. The van der Waals surface area contributed by atoms with Gasteiger partial charge >= 0.3 is 5.97 Å². The molecule has 0 bridgehead atoms. The van der Waals surface area contributed by atoms with Crippen molar-refractivity contribution >= 4 is 16.0 Å². The van der Waals surface area contributed by atoms with Gasteiger partial charge in [0.25, 0.3) is 0 Å². The summed E-state index contributed by atoms with van der Waals surface area (Å²) in [6.45, 7) is 0.241. The molecule has 0 aromatic carbocycles. The van der Waals surface area contributed by atoms with E-state index in [1.807, 2.05) is 0 Å². The van der Waals surface area contributed by atoms with Crippen molar-refractivity contribution in [3.05, 3.63) is 12.4 Å². The first-order chi connectivity index (χ1) is 7.53. The maximum atomic E-state index is 12.0. The normalized spacial score (nSPS) is 22.4. The van der Waals surface area contributed by atoms with Crippen molar-refractivity contribution in [2.75, 3.05) is 6.54 Å². The number of sulfonamides is 1. The number of nitrogens with one attached hydrogen (secondary N) is 1. The summed E-state index contributed by atoms with van der Waals surface area (Å²) in [5.74, 6) is -1.11. The number of carbonyl (C=O) groups is 1. The molecule has 0 saturated carbocycles. The Morgan fingerprint density at radius 3 is 2.94 bits per heavy atom. The lowest BCUT2D eigenvalue weighted by atomic mass is 10.2. The Balaban J connectivity index is 2.34. The van der Waals surface area contributed by atoms with Crippen molar-refractivity contribution in [2.24, 2.45) is 0 Å². The van der Waals surface area contributed by atoms with Crippen LogP contribution in [0.2, 0.25) is 0 Å². The molecule has 2 heterocycles. The minimum absolute atomic E-state index is 0.000602. The first kappa shape index (κ1) is 11.1. The fraction of sp³-hybridized carbons (Fsp3) is 0.500. The molecule has 1 aliphatic rings. The summed E-state index contributed by atoms with van der Waals surface area (Å²) in [6, 6.07) is -0.958. The van der Waals surface area contributed by atoms with Crippen molar-refractivity contribution in [3.63, 3.8) is 0 Å². The number of hydrogen-bond acceptors (Lipinski definition) is 4. The molecule has 2 rings (SSSR count). The molecule has 1 aromatic heterocycles. The van der Waals surface area contributed by atoms with Crippen LogP contribution < -0.4 is 0 Å². The molecule has 0 unspecified atom stereocenters. The largest absolute Gasteiger partial charge is 0.480 e. The molecule has 88 valence electrons. The zero-order valence-electron chi connectivity index (χ0n) is 8.33. The predicted molar refractivity (Wildman–Crippen MR) is 53.1 cm³/mol. The molecule has 1 atom stereocenters. The lowest BCUT2D eigenvalue weighted by molar-refractivity contribution is -0.140. The second-order valence-electron chi connectivity index (χ2n) is 3.55. The summed E-state index contributed by atoms with van der Waals surface area (Å²) in [4.78, 5) is 10.9. The Kier molecular flexibility index (Phi) is 2.68. The van der Waals surface area contributed by atoms with Crippen LogP contribution in [0.4, 0.5) is 0 Å². The standard InChI is InChI=1S/C8H11N3O4S/c12-8(13)7-2-1-3-11(7)16(14,15)6-4-9-10-5-6/h4-5,7H,1-3H2,(H,9,10)(H,12,13)/t7-/m1/s1. The number of hydrogen-bond donors (Lipinski definition) is 2. The number of aromatic amines is 1. The van der Waals surface area contributed by atoms with Gasteiger partial charge in [-0.3, -0.25) is 9.89 Å². The molecule has 8 heteroatoms. The molecular formula is C8H11N3O4S. The smallest absolute Gasteiger partial charge is 0.322 e. The molecule has 2 N–H and O–H groups in total. The average molecular weight is 245 g/mol. The summed E-state index contributed by atoms with van der Waals surface area (Å²) < 4.78 is 25.0. The van der Waals surface area contributed by atoms with Crippen LogP contribution >= 0.6 is 0 Å². The van der Waals surface area contributed by atoms with Gasteiger partial charge in [0.05, 0.1) is 6.20 Å². The molecule has 1 aliphatic heterocycles. The van der Waals surface area contributed by atoms with Gasteiger partial charge in [0.1, 0.15) is 10.9 Å². The van der Waals surface area contributed by atoms with E-state index < -0.39 is 22.0 Å². The van der Waals surface area contributed by atoms with Gasteiger partial charge in [0.15, 0.2) is 0 Å². The fourth-order valence-corrected chi connectivity index (χ4v) is 3.35. The van der Waals surface area contributed by atoms with Gasteiger partial charge in [-0.05, 0) is 12.8 Å². The van der Waals surface area contributed by atoms with Crippen LogP contribution in [0.1, 0.15) is 12.8 Å². The van der Waals surface area contributed by atoms with Gasteiger partial charge in [-0.25, -0.2) is 8.42 Å². The number of aliphatic carboxylic acids is 1. The van der Waals surface area contributed by atoms with E-state index >= 15 is 0 Å². The van der Waals surface area contributed by atoms with Crippen molar-refractivity contribution in [3.8, 4) is 0 Å². The topological polar surface area (TPSA) is 103 Å². The van der Waals surface area contributed by atoms with Crippen molar-refractivity contribution in [1.82, 2.24) is 14.5 Å². The minimum Gasteiger partial charge on any atom is -0.480 e. The van der Waals surface area contributed by atoms with Gasteiger partial charge < -0.3 is 5.11 Å². The van der Waals surface area contributed by atoms with E-state index in [0.717, 1.165) is 4.31 Å².